The highest BCUT2D eigenvalue weighted by molar-refractivity contribution is 8.00. The molecule has 0 spiro atoms. The molecular weight excluding hydrogens is 326 g/mol. The summed E-state index contributed by atoms with van der Waals surface area (Å²) in [5, 5.41) is 5.36. The predicted octanol–water partition coefficient (Wildman–Crippen LogP) is 2.10. The summed E-state index contributed by atoms with van der Waals surface area (Å²) in [6.45, 7) is 0. The number of amides is 3. The first-order valence-corrected chi connectivity index (χ1v) is 8.33. The van der Waals surface area contributed by atoms with E-state index in [1.807, 2.05) is 18.2 Å². The number of carbonyl (C=O) groups is 3. The average Bonchev–Trinajstić information content (AvgIpc) is 2.56. The number of anilines is 2. The highest BCUT2D eigenvalue weighted by Gasteiger charge is 2.11. The molecule has 0 aliphatic heterocycles. The molecule has 7 heteroatoms. The molecule has 0 saturated carbocycles. The highest BCUT2D eigenvalue weighted by atomic mass is 32.2. The Morgan fingerprint density at radius 1 is 0.833 bits per heavy atom. The number of thioether (sulfide) groups is 1. The second-order valence-electron chi connectivity index (χ2n) is 4.87. The Morgan fingerprint density at radius 2 is 1.42 bits per heavy atom. The fourth-order valence-electron chi connectivity index (χ4n) is 1.95. The summed E-state index contributed by atoms with van der Waals surface area (Å²) in [6.07, 6.45) is 0. The van der Waals surface area contributed by atoms with Crippen LogP contribution in [0.2, 0.25) is 0 Å². The number of hydrogen-bond acceptors (Lipinski definition) is 4. The standard InChI is InChI=1S/C17H17N3O3S/c18-17(23)13-8-4-5-9-14(13)20-16(22)11-24-10-15(21)19-12-6-2-1-3-7-12/h1-9H,10-11H2,(H2,18,23)(H,19,21)(H,20,22). The van der Waals surface area contributed by atoms with Crippen molar-refractivity contribution in [1.29, 1.82) is 0 Å². The van der Waals surface area contributed by atoms with Crippen LogP contribution in [0.4, 0.5) is 11.4 Å². The third-order valence-corrected chi connectivity index (χ3v) is 3.92. The van der Waals surface area contributed by atoms with Crippen LogP contribution in [0.25, 0.3) is 0 Å². The van der Waals surface area contributed by atoms with E-state index in [9.17, 15) is 14.4 Å². The van der Waals surface area contributed by atoms with Gasteiger partial charge in [0.15, 0.2) is 0 Å². The molecule has 4 N–H and O–H groups in total. The summed E-state index contributed by atoms with van der Waals surface area (Å²) in [5.74, 6) is -0.853. The first-order chi connectivity index (χ1) is 11.6. The predicted molar refractivity (Wildman–Crippen MR) is 96.0 cm³/mol. The Labute approximate surface area is 143 Å². The van der Waals surface area contributed by atoms with Crippen molar-refractivity contribution in [1.82, 2.24) is 0 Å². The van der Waals surface area contributed by atoms with E-state index in [1.54, 1.807) is 36.4 Å². The van der Waals surface area contributed by atoms with Crippen molar-refractivity contribution in [2.75, 3.05) is 22.1 Å². The second-order valence-corrected chi connectivity index (χ2v) is 5.85. The molecule has 2 rings (SSSR count). The minimum absolute atomic E-state index is 0.0926. The normalized spacial score (nSPS) is 10.0. The van der Waals surface area contributed by atoms with Crippen LogP contribution in [-0.4, -0.2) is 29.2 Å². The van der Waals surface area contributed by atoms with Crippen molar-refractivity contribution in [3.05, 3.63) is 60.2 Å². The molecule has 0 fully saturated rings. The van der Waals surface area contributed by atoms with Gasteiger partial charge in [-0.15, -0.1) is 11.8 Å². The lowest BCUT2D eigenvalue weighted by molar-refractivity contribution is -0.114. The van der Waals surface area contributed by atoms with Crippen LogP contribution in [0, 0.1) is 0 Å². The third-order valence-electron chi connectivity index (χ3n) is 2.99. The van der Waals surface area contributed by atoms with Crippen molar-refractivity contribution in [2.24, 2.45) is 5.73 Å². The van der Waals surface area contributed by atoms with Crippen LogP contribution in [-0.2, 0) is 9.59 Å². The lowest BCUT2D eigenvalue weighted by Gasteiger charge is -2.08. The van der Waals surface area contributed by atoms with Gasteiger partial charge < -0.3 is 16.4 Å². The van der Waals surface area contributed by atoms with E-state index < -0.39 is 5.91 Å². The number of para-hydroxylation sites is 2. The molecule has 0 aliphatic rings. The van der Waals surface area contributed by atoms with E-state index in [0.29, 0.717) is 11.4 Å². The van der Waals surface area contributed by atoms with Gasteiger partial charge in [-0.3, -0.25) is 14.4 Å². The van der Waals surface area contributed by atoms with Gasteiger partial charge in [-0.25, -0.2) is 0 Å². The van der Waals surface area contributed by atoms with Crippen LogP contribution < -0.4 is 16.4 Å². The Morgan fingerprint density at radius 3 is 2.08 bits per heavy atom. The second kappa shape index (κ2) is 8.73. The van der Waals surface area contributed by atoms with Gasteiger partial charge >= 0.3 is 0 Å². The number of primary amides is 1. The number of benzene rings is 2. The average molecular weight is 343 g/mol. The molecule has 2 aromatic rings. The van der Waals surface area contributed by atoms with E-state index in [4.69, 9.17) is 5.73 Å². The largest absolute Gasteiger partial charge is 0.366 e. The van der Waals surface area contributed by atoms with Crippen LogP contribution >= 0.6 is 11.8 Å². The van der Waals surface area contributed by atoms with Gasteiger partial charge in [0.1, 0.15) is 0 Å². The summed E-state index contributed by atoms with van der Waals surface area (Å²) in [4.78, 5) is 35.0. The van der Waals surface area contributed by atoms with E-state index in [-0.39, 0.29) is 28.9 Å². The first kappa shape index (κ1) is 17.6. The molecule has 0 aromatic heterocycles. The van der Waals surface area contributed by atoms with E-state index in [1.165, 1.54) is 11.8 Å². The topological polar surface area (TPSA) is 101 Å². The summed E-state index contributed by atoms with van der Waals surface area (Å²) < 4.78 is 0. The number of nitrogens with two attached hydrogens (primary N) is 1. The van der Waals surface area contributed by atoms with Crippen molar-refractivity contribution in [3.63, 3.8) is 0 Å². The molecule has 0 saturated heterocycles. The molecule has 0 aliphatic carbocycles. The number of rotatable bonds is 7. The van der Waals surface area contributed by atoms with E-state index >= 15 is 0 Å². The summed E-state index contributed by atoms with van der Waals surface area (Å²) >= 11 is 1.18. The van der Waals surface area contributed by atoms with E-state index in [0.717, 1.165) is 0 Å². The maximum absolute atomic E-state index is 11.9. The monoisotopic (exact) mass is 343 g/mol. The molecular formula is C17H17N3O3S. The zero-order valence-electron chi connectivity index (χ0n) is 12.8. The highest BCUT2D eigenvalue weighted by Crippen LogP contribution is 2.15. The van der Waals surface area contributed by atoms with Crippen LogP contribution in [0.5, 0.6) is 0 Å². The summed E-state index contributed by atoms with van der Waals surface area (Å²) in [6, 6.07) is 15.6. The van der Waals surface area contributed by atoms with Crippen molar-refractivity contribution >= 4 is 40.9 Å². The minimum Gasteiger partial charge on any atom is -0.366 e. The van der Waals surface area contributed by atoms with Gasteiger partial charge in [0, 0.05) is 5.69 Å². The molecule has 0 bridgehead atoms. The Balaban J connectivity index is 1.78. The Hall–Kier alpha value is -2.80. The molecule has 3 amide bonds. The molecule has 0 radical (unpaired) electrons. The quantitative estimate of drug-likeness (QED) is 0.716. The molecule has 6 nitrogen and oxygen atoms in total. The molecule has 0 atom stereocenters. The van der Waals surface area contributed by atoms with Crippen LogP contribution in [0.3, 0.4) is 0 Å². The van der Waals surface area contributed by atoms with Gasteiger partial charge in [-0.2, -0.15) is 0 Å². The molecule has 24 heavy (non-hydrogen) atoms. The lowest BCUT2D eigenvalue weighted by atomic mass is 10.1. The molecule has 124 valence electrons. The van der Waals surface area contributed by atoms with Gasteiger partial charge in [-0.05, 0) is 24.3 Å². The molecule has 2 aromatic carbocycles. The lowest BCUT2D eigenvalue weighted by Crippen LogP contribution is -2.20. The first-order valence-electron chi connectivity index (χ1n) is 7.17. The number of hydrogen-bond donors (Lipinski definition) is 3. The van der Waals surface area contributed by atoms with E-state index in [2.05, 4.69) is 10.6 Å². The van der Waals surface area contributed by atoms with Gasteiger partial charge in [0.2, 0.25) is 11.8 Å². The maximum Gasteiger partial charge on any atom is 0.250 e. The molecule has 0 unspecified atom stereocenters. The van der Waals surface area contributed by atoms with Crippen LogP contribution in [0.1, 0.15) is 10.4 Å². The van der Waals surface area contributed by atoms with Crippen molar-refractivity contribution in [2.45, 2.75) is 0 Å². The fourth-order valence-corrected chi connectivity index (χ4v) is 2.57. The van der Waals surface area contributed by atoms with Gasteiger partial charge in [-0.1, -0.05) is 30.3 Å². The number of nitrogens with one attached hydrogen (secondary N) is 2. The van der Waals surface area contributed by atoms with Crippen LogP contribution in [0.15, 0.2) is 54.6 Å². The fraction of sp³-hybridized carbons (Fsp3) is 0.118. The molecule has 0 heterocycles. The third kappa shape index (κ3) is 5.44. The summed E-state index contributed by atoms with van der Waals surface area (Å²) in [7, 11) is 0. The number of carbonyl (C=O) groups excluding carboxylic acids is 3. The van der Waals surface area contributed by atoms with Crippen molar-refractivity contribution in [3.8, 4) is 0 Å². The van der Waals surface area contributed by atoms with Gasteiger partial charge in [0.05, 0.1) is 22.8 Å². The Kier molecular flexibility index (Phi) is 6.39. The summed E-state index contributed by atoms with van der Waals surface area (Å²) in [5.41, 5.74) is 6.58. The van der Waals surface area contributed by atoms with Gasteiger partial charge in [0.25, 0.3) is 5.91 Å². The Bertz CT molecular complexity index is 735. The zero-order chi connectivity index (χ0) is 17.4. The SMILES string of the molecule is NC(=O)c1ccccc1NC(=O)CSCC(=O)Nc1ccccc1. The minimum atomic E-state index is -0.610. The smallest absolute Gasteiger partial charge is 0.250 e. The zero-order valence-corrected chi connectivity index (χ0v) is 13.6. The maximum atomic E-state index is 11.9. The van der Waals surface area contributed by atoms with Crippen molar-refractivity contribution < 1.29 is 14.4 Å².